The lowest BCUT2D eigenvalue weighted by molar-refractivity contribution is -0.143. The number of hydrogen-bond acceptors (Lipinski definition) is 2. The Hall–Kier alpha value is -1.83. The molecule has 0 N–H and O–H groups in total. The first-order chi connectivity index (χ1) is 9.61. The van der Waals surface area contributed by atoms with Crippen molar-refractivity contribution in [3.8, 4) is 0 Å². The van der Waals surface area contributed by atoms with Crippen molar-refractivity contribution >= 4 is 5.97 Å². The Morgan fingerprint density at radius 3 is 2.70 bits per heavy atom. The van der Waals surface area contributed by atoms with E-state index in [1.54, 1.807) is 0 Å². The van der Waals surface area contributed by atoms with Gasteiger partial charge in [0.05, 0.1) is 13.0 Å². The second-order valence-corrected chi connectivity index (χ2v) is 5.12. The maximum absolute atomic E-state index is 11.6. The number of ether oxygens (including phenoxy) is 1. The quantitative estimate of drug-likeness (QED) is 0.400. The summed E-state index contributed by atoms with van der Waals surface area (Å²) in [7, 11) is 0. The van der Waals surface area contributed by atoms with Crippen LogP contribution in [0.5, 0.6) is 0 Å². The van der Waals surface area contributed by atoms with Gasteiger partial charge in [-0.3, -0.25) is 4.79 Å². The Morgan fingerprint density at radius 2 is 2.05 bits per heavy atom. The molecule has 0 radical (unpaired) electrons. The third kappa shape index (κ3) is 6.93. The monoisotopic (exact) mass is 272 g/mol. The highest BCUT2D eigenvalue weighted by atomic mass is 16.5. The van der Waals surface area contributed by atoms with Crippen molar-refractivity contribution in [1.29, 1.82) is 0 Å². The predicted octanol–water partition coefficient (Wildman–Crippen LogP) is 4.32. The highest BCUT2D eigenvalue weighted by Gasteiger charge is 2.05. The molecule has 0 saturated carbocycles. The smallest absolute Gasteiger partial charge is 0.310 e. The molecular weight excluding hydrogens is 248 g/mol. The average molecular weight is 272 g/mol. The molecule has 20 heavy (non-hydrogen) atoms. The van der Waals surface area contributed by atoms with Crippen LogP contribution in [-0.2, 0) is 16.0 Å². The Bertz CT molecular complexity index is 446. The minimum atomic E-state index is -0.151. The summed E-state index contributed by atoms with van der Waals surface area (Å²) in [6.07, 6.45) is 6.31. The summed E-state index contributed by atoms with van der Waals surface area (Å²) >= 11 is 0. The molecular formula is C18H24O2. The zero-order valence-corrected chi connectivity index (χ0v) is 12.5. The van der Waals surface area contributed by atoms with E-state index in [4.69, 9.17) is 4.74 Å². The lowest BCUT2D eigenvalue weighted by Gasteiger charge is -2.08. The summed E-state index contributed by atoms with van der Waals surface area (Å²) < 4.78 is 5.25. The molecule has 0 aliphatic rings. The number of rotatable bonds is 8. The van der Waals surface area contributed by atoms with E-state index in [-0.39, 0.29) is 5.97 Å². The zero-order chi connectivity index (χ0) is 14.8. The summed E-state index contributed by atoms with van der Waals surface area (Å²) in [5.41, 5.74) is 2.19. The van der Waals surface area contributed by atoms with Crippen molar-refractivity contribution in [3.63, 3.8) is 0 Å². The van der Waals surface area contributed by atoms with E-state index in [1.807, 2.05) is 43.3 Å². The summed E-state index contributed by atoms with van der Waals surface area (Å²) in [6, 6.07) is 9.67. The molecule has 0 saturated heterocycles. The minimum absolute atomic E-state index is 0.151. The normalized spacial score (nSPS) is 12.8. The van der Waals surface area contributed by atoms with E-state index in [0.717, 1.165) is 18.4 Å². The van der Waals surface area contributed by atoms with E-state index < -0.39 is 0 Å². The molecule has 1 atom stereocenters. The van der Waals surface area contributed by atoms with Gasteiger partial charge in [-0.1, -0.05) is 61.6 Å². The van der Waals surface area contributed by atoms with Crippen LogP contribution in [0.15, 0.2) is 54.6 Å². The van der Waals surface area contributed by atoms with Gasteiger partial charge in [0.15, 0.2) is 0 Å². The van der Waals surface area contributed by atoms with Crippen LogP contribution in [0.2, 0.25) is 0 Å². The van der Waals surface area contributed by atoms with Gasteiger partial charge in [0.2, 0.25) is 0 Å². The fourth-order valence-electron chi connectivity index (χ4n) is 2.01. The molecule has 2 heteroatoms. The Labute approximate surface area is 122 Å². The molecule has 0 amide bonds. The molecule has 0 aromatic heterocycles. The van der Waals surface area contributed by atoms with E-state index in [1.165, 1.54) is 5.57 Å². The lowest BCUT2D eigenvalue weighted by Crippen LogP contribution is -2.09. The van der Waals surface area contributed by atoms with Gasteiger partial charge < -0.3 is 4.74 Å². The number of carbonyl (C=O) groups excluding carboxylic acids is 1. The van der Waals surface area contributed by atoms with Gasteiger partial charge in [-0.05, 0) is 31.2 Å². The van der Waals surface area contributed by atoms with Crippen LogP contribution >= 0.6 is 0 Å². The highest BCUT2D eigenvalue weighted by molar-refractivity contribution is 5.72. The van der Waals surface area contributed by atoms with Gasteiger partial charge >= 0.3 is 5.97 Å². The van der Waals surface area contributed by atoms with Crippen LogP contribution in [0, 0.1) is 5.92 Å². The van der Waals surface area contributed by atoms with Gasteiger partial charge in [0.25, 0.3) is 0 Å². The first-order valence-corrected chi connectivity index (χ1v) is 7.12. The molecule has 1 aromatic rings. The largest absolute Gasteiger partial charge is 0.465 e. The number of carbonyl (C=O) groups is 1. The number of hydrogen-bond donors (Lipinski definition) is 0. The summed E-state index contributed by atoms with van der Waals surface area (Å²) in [4.78, 5) is 11.6. The van der Waals surface area contributed by atoms with Crippen molar-refractivity contribution in [2.45, 2.75) is 33.1 Å². The minimum Gasteiger partial charge on any atom is -0.465 e. The molecule has 108 valence electrons. The first-order valence-electron chi connectivity index (χ1n) is 7.12. The number of allylic oxidation sites excluding steroid dienone is 3. The van der Waals surface area contributed by atoms with Gasteiger partial charge in [-0.25, -0.2) is 0 Å². The Balaban J connectivity index is 2.18. The predicted molar refractivity (Wildman–Crippen MR) is 83.5 cm³/mol. The second kappa shape index (κ2) is 9.13. The van der Waals surface area contributed by atoms with Gasteiger partial charge in [0, 0.05) is 0 Å². The molecule has 0 bridgehead atoms. The van der Waals surface area contributed by atoms with Crippen molar-refractivity contribution in [2.75, 3.05) is 6.61 Å². The first kappa shape index (κ1) is 16.2. The maximum atomic E-state index is 11.6. The number of benzene rings is 1. The summed E-state index contributed by atoms with van der Waals surface area (Å²) in [5.74, 6) is 0.336. The van der Waals surface area contributed by atoms with Crippen LogP contribution in [-0.4, -0.2) is 12.6 Å². The van der Waals surface area contributed by atoms with Gasteiger partial charge in [0.1, 0.15) is 0 Å². The third-order valence-corrected chi connectivity index (χ3v) is 3.13. The van der Waals surface area contributed by atoms with Crippen LogP contribution in [0.3, 0.4) is 0 Å². The molecule has 0 spiro atoms. The topological polar surface area (TPSA) is 26.3 Å². The fraction of sp³-hybridized carbons (Fsp3) is 0.389. The van der Waals surface area contributed by atoms with Crippen molar-refractivity contribution in [3.05, 3.63) is 60.2 Å². The maximum Gasteiger partial charge on any atom is 0.310 e. The molecule has 1 rings (SSSR count). The molecule has 1 aromatic carbocycles. The fourth-order valence-corrected chi connectivity index (χ4v) is 2.01. The van der Waals surface area contributed by atoms with Gasteiger partial charge in [-0.15, -0.1) is 0 Å². The van der Waals surface area contributed by atoms with Crippen LogP contribution in [0.1, 0.15) is 32.3 Å². The second-order valence-electron chi connectivity index (χ2n) is 5.12. The average Bonchev–Trinajstić information content (AvgIpc) is 2.44. The van der Waals surface area contributed by atoms with E-state index in [2.05, 4.69) is 19.6 Å². The third-order valence-electron chi connectivity index (χ3n) is 3.13. The van der Waals surface area contributed by atoms with Crippen LogP contribution in [0.25, 0.3) is 0 Å². The zero-order valence-electron chi connectivity index (χ0n) is 12.5. The van der Waals surface area contributed by atoms with E-state index in [9.17, 15) is 4.79 Å². The number of esters is 1. The molecule has 0 aliphatic heterocycles. The Morgan fingerprint density at radius 1 is 1.35 bits per heavy atom. The Kier molecular flexibility index (Phi) is 7.41. The highest BCUT2D eigenvalue weighted by Crippen LogP contribution is 2.11. The summed E-state index contributed by atoms with van der Waals surface area (Å²) in [6.45, 7) is 8.44. The van der Waals surface area contributed by atoms with Crippen molar-refractivity contribution < 1.29 is 9.53 Å². The van der Waals surface area contributed by atoms with E-state index >= 15 is 0 Å². The lowest BCUT2D eigenvalue weighted by atomic mass is 10.0. The molecule has 1 unspecified atom stereocenters. The molecule has 0 fully saturated rings. The standard InChI is InChI=1S/C18H24O2/c1-4-15(2)13-16(3)9-8-12-20-18(19)14-17-10-6-5-7-11-17/h4-7,10-11,13,16H,1,8-9,12,14H2,2-3H3/b15-13+. The SMILES string of the molecule is C=C/C(C)=C/C(C)CCCOC(=O)Cc1ccccc1. The molecule has 0 heterocycles. The molecule has 2 nitrogen and oxygen atoms in total. The summed E-state index contributed by atoms with van der Waals surface area (Å²) in [5, 5.41) is 0. The van der Waals surface area contributed by atoms with Crippen molar-refractivity contribution in [1.82, 2.24) is 0 Å². The van der Waals surface area contributed by atoms with Gasteiger partial charge in [-0.2, -0.15) is 0 Å². The van der Waals surface area contributed by atoms with Crippen molar-refractivity contribution in [2.24, 2.45) is 5.92 Å². The van der Waals surface area contributed by atoms with Crippen LogP contribution < -0.4 is 0 Å². The van der Waals surface area contributed by atoms with Crippen LogP contribution in [0.4, 0.5) is 0 Å². The molecule has 0 aliphatic carbocycles. The van der Waals surface area contributed by atoms with E-state index in [0.29, 0.717) is 18.9 Å².